The molecule has 2 aromatic rings. The van der Waals surface area contributed by atoms with Crippen molar-refractivity contribution in [1.82, 2.24) is 0 Å². The molecule has 0 saturated heterocycles. The molecule has 0 unspecified atom stereocenters. The molecule has 0 saturated carbocycles. The molecule has 0 aromatic heterocycles. The molecule has 0 bridgehead atoms. The van der Waals surface area contributed by atoms with E-state index in [0.717, 1.165) is 11.8 Å². The maximum atomic E-state index is 12.1. The van der Waals surface area contributed by atoms with E-state index in [-0.39, 0.29) is 16.6 Å². The lowest BCUT2D eigenvalue weighted by atomic mass is 10.2. The molecule has 2 aromatic carbocycles. The predicted molar refractivity (Wildman–Crippen MR) is 77.8 cm³/mol. The van der Waals surface area contributed by atoms with E-state index in [1.807, 2.05) is 6.07 Å². The highest BCUT2D eigenvalue weighted by Crippen LogP contribution is 2.40. The van der Waals surface area contributed by atoms with Crippen molar-refractivity contribution in [3.05, 3.63) is 48.0 Å². The minimum Gasteiger partial charge on any atom is -0.504 e. The molecule has 4 nitrogen and oxygen atoms in total. The van der Waals surface area contributed by atoms with Crippen molar-refractivity contribution in [2.45, 2.75) is 4.90 Å². The molecule has 0 amide bonds. The molecular formula is C15H14O4S. The zero-order valence-electron chi connectivity index (χ0n) is 11.1. The summed E-state index contributed by atoms with van der Waals surface area (Å²) < 4.78 is 10.2. The van der Waals surface area contributed by atoms with E-state index in [1.54, 1.807) is 30.3 Å². The van der Waals surface area contributed by atoms with Crippen molar-refractivity contribution in [3.63, 3.8) is 0 Å². The number of hydrogen-bond donors (Lipinski definition) is 1. The van der Waals surface area contributed by atoms with Crippen LogP contribution in [-0.4, -0.2) is 24.4 Å². The van der Waals surface area contributed by atoms with E-state index in [1.165, 1.54) is 20.3 Å². The van der Waals surface area contributed by atoms with Gasteiger partial charge >= 0.3 is 0 Å². The minimum absolute atomic E-state index is 0.0600. The molecule has 0 radical (unpaired) electrons. The smallest absolute Gasteiger partial charge is 0.224 e. The van der Waals surface area contributed by atoms with Crippen LogP contribution in [0.25, 0.3) is 0 Å². The molecule has 20 heavy (non-hydrogen) atoms. The van der Waals surface area contributed by atoms with Crippen LogP contribution < -0.4 is 9.47 Å². The Morgan fingerprint density at radius 2 is 1.80 bits per heavy atom. The van der Waals surface area contributed by atoms with Crippen LogP contribution in [0.2, 0.25) is 0 Å². The summed E-state index contributed by atoms with van der Waals surface area (Å²) in [4.78, 5) is 12.7. The lowest BCUT2D eigenvalue weighted by Crippen LogP contribution is -1.94. The Morgan fingerprint density at radius 1 is 1.10 bits per heavy atom. The highest BCUT2D eigenvalue weighted by molar-refractivity contribution is 8.14. The molecule has 5 heteroatoms. The maximum Gasteiger partial charge on any atom is 0.224 e. The third-order valence-corrected chi connectivity index (χ3v) is 3.55. The largest absolute Gasteiger partial charge is 0.504 e. The third-order valence-electron chi connectivity index (χ3n) is 2.65. The van der Waals surface area contributed by atoms with E-state index in [2.05, 4.69) is 0 Å². The second-order valence-electron chi connectivity index (χ2n) is 3.93. The van der Waals surface area contributed by atoms with Crippen LogP contribution in [0.5, 0.6) is 17.2 Å². The summed E-state index contributed by atoms with van der Waals surface area (Å²) in [7, 11) is 2.92. The van der Waals surface area contributed by atoms with Gasteiger partial charge in [-0.2, -0.15) is 0 Å². The van der Waals surface area contributed by atoms with Gasteiger partial charge < -0.3 is 14.6 Å². The number of aromatic hydroxyl groups is 1. The van der Waals surface area contributed by atoms with Gasteiger partial charge in [0.1, 0.15) is 0 Å². The van der Waals surface area contributed by atoms with Gasteiger partial charge in [-0.1, -0.05) is 30.3 Å². The van der Waals surface area contributed by atoms with Crippen LogP contribution in [0.15, 0.2) is 47.4 Å². The predicted octanol–water partition coefficient (Wildman–Crippen LogP) is 3.34. The lowest BCUT2D eigenvalue weighted by molar-refractivity contribution is 0.108. The van der Waals surface area contributed by atoms with Gasteiger partial charge in [-0.15, -0.1) is 0 Å². The summed E-state index contributed by atoms with van der Waals surface area (Å²) in [6.45, 7) is 0. The van der Waals surface area contributed by atoms with Gasteiger partial charge in [0.2, 0.25) is 10.9 Å². The van der Waals surface area contributed by atoms with Crippen LogP contribution in [0.1, 0.15) is 10.4 Å². The second kappa shape index (κ2) is 6.34. The molecule has 0 aliphatic heterocycles. The number of phenols is 1. The Morgan fingerprint density at radius 3 is 2.40 bits per heavy atom. The molecule has 0 aliphatic rings. The molecule has 104 valence electrons. The number of rotatable bonds is 4. The Bertz CT molecular complexity index is 611. The van der Waals surface area contributed by atoms with Gasteiger partial charge in [-0.25, -0.2) is 0 Å². The fourth-order valence-electron chi connectivity index (χ4n) is 1.72. The Kier molecular flexibility index (Phi) is 4.53. The number of benzene rings is 2. The SMILES string of the molecule is COc1cc(SC(=O)c2ccccc2)cc(O)c1OC. The van der Waals surface area contributed by atoms with Crippen molar-refractivity contribution in [3.8, 4) is 17.2 Å². The monoisotopic (exact) mass is 290 g/mol. The second-order valence-corrected chi connectivity index (χ2v) is 4.98. The zero-order valence-corrected chi connectivity index (χ0v) is 11.9. The van der Waals surface area contributed by atoms with Gasteiger partial charge in [0.25, 0.3) is 0 Å². The van der Waals surface area contributed by atoms with Crippen LogP contribution in [0.3, 0.4) is 0 Å². The highest BCUT2D eigenvalue weighted by Gasteiger charge is 2.14. The van der Waals surface area contributed by atoms with E-state index in [4.69, 9.17) is 9.47 Å². The van der Waals surface area contributed by atoms with Crippen molar-refractivity contribution < 1.29 is 19.4 Å². The van der Waals surface area contributed by atoms with Gasteiger partial charge in [-0.05, 0) is 23.9 Å². The van der Waals surface area contributed by atoms with Crippen molar-refractivity contribution in [2.24, 2.45) is 0 Å². The highest BCUT2D eigenvalue weighted by atomic mass is 32.2. The number of ether oxygens (including phenoxy) is 2. The number of carbonyl (C=O) groups excluding carboxylic acids is 1. The van der Waals surface area contributed by atoms with Gasteiger partial charge in [-0.3, -0.25) is 4.79 Å². The first kappa shape index (κ1) is 14.3. The number of carbonyl (C=O) groups is 1. The Labute approximate surface area is 121 Å². The molecule has 1 N–H and O–H groups in total. The summed E-state index contributed by atoms with van der Waals surface area (Å²) >= 11 is 1.03. The first-order chi connectivity index (χ1) is 9.65. The summed E-state index contributed by atoms with van der Waals surface area (Å²) in [6.07, 6.45) is 0. The lowest BCUT2D eigenvalue weighted by Gasteiger charge is -2.11. The quantitative estimate of drug-likeness (QED) is 0.875. The van der Waals surface area contributed by atoms with Crippen LogP contribution in [-0.2, 0) is 0 Å². The number of phenolic OH excluding ortho intramolecular Hbond substituents is 1. The molecule has 2 rings (SSSR count). The Balaban J connectivity index is 2.26. The Hall–Kier alpha value is -2.14. The fraction of sp³-hybridized carbons (Fsp3) is 0.133. The van der Waals surface area contributed by atoms with E-state index < -0.39 is 0 Å². The average molecular weight is 290 g/mol. The van der Waals surface area contributed by atoms with Crippen molar-refractivity contribution in [2.75, 3.05) is 14.2 Å². The topological polar surface area (TPSA) is 55.8 Å². The number of thioether (sulfide) groups is 1. The molecular weight excluding hydrogens is 276 g/mol. The van der Waals surface area contributed by atoms with Gasteiger partial charge in [0, 0.05) is 10.5 Å². The zero-order chi connectivity index (χ0) is 14.5. The summed E-state index contributed by atoms with van der Waals surface area (Å²) in [5.74, 6) is 0.579. The van der Waals surface area contributed by atoms with Crippen LogP contribution in [0, 0.1) is 0 Å². The first-order valence-electron chi connectivity index (χ1n) is 5.88. The van der Waals surface area contributed by atoms with E-state index in [9.17, 15) is 9.90 Å². The van der Waals surface area contributed by atoms with Gasteiger partial charge in [0.05, 0.1) is 14.2 Å². The summed E-state index contributed by atoms with van der Waals surface area (Å²) in [5, 5.41) is 9.76. The van der Waals surface area contributed by atoms with Crippen LogP contribution >= 0.6 is 11.8 Å². The standard InChI is InChI=1S/C15H14O4S/c1-18-13-9-11(8-12(16)14(13)19-2)20-15(17)10-6-4-3-5-7-10/h3-9,16H,1-2H3. The first-order valence-corrected chi connectivity index (χ1v) is 6.69. The molecule has 0 heterocycles. The number of hydrogen-bond acceptors (Lipinski definition) is 5. The molecule has 0 spiro atoms. The fourth-order valence-corrected chi connectivity index (χ4v) is 2.52. The summed E-state index contributed by atoms with van der Waals surface area (Å²) in [6, 6.07) is 12.1. The number of methoxy groups -OCH3 is 2. The van der Waals surface area contributed by atoms with Crippen molar-refractivity contribution in [1.29, 1.82) is 0 Å². The summed E-state index contributed by atoms with van der Waals surface area (Å²) in [5.41, 5.74) is 0.603. The van der Waals surface area contributed by atoms with Gasteiger partial charge in [0.15, 0.2) is 11.5 Å². The third kappa shape index (κ3) is 3.05. The molecule has 0 fully saturated rings. The molecule has 0 atom stereocenters. The minimum atomic E-state index is -0.0998. The molecule has 0 aliphatic carbocycles. The normalized spacial score (nSPS) is 10.1. The maximum absolute atomic E-state index is 12.1. The van der Waals surface area contributed by atoms with Crippen LogP contribution in [0.4, 0.5) is 0 Å². The average Bonchev–Trinajstić information content (AvgIpc) is 2.47. The van der Waals surface area contributed by atoms with E-state index >= 15 is 0 Å². The van der Waals surface area contributed by atoms with Crippen molar-refractivity contribution >= 4 is 16.9 Å². The van der Waals surface area contributed by atoms with E-state index in [0.29, 0.717) is 16.2 Å².